The maximum atomic E-state index is 13.3. The third kappa shape index (κ3) is 4.23. The fourth-order valence-corrected chi connectivity index (χ4v) is 7.00. The Morgan fingerprint density at radius 3 is 2.67 bits per heavy atom. The van der Waals surface area contributed by atoms with Gasteiger partial charge in [-0.2, -0.15) is 0 Å². The van der Waals surface area contributed by atoms with Gasteiger partial charge >= 0.3 is 0 Å². The van der Waals surface area contributed by atoms with Crippen molar-refractivity contribution in [2.75, 3.05) is 22.4 Å². The van der Waals surface area contributed by atoms with Gasteiger partial charge in [-0.3, -0.25) is 9.10 Å². The minimum absolute atomic E-state index is 0.173. The monoisotopic (exact) mass is 495 g/mol. The van der Waals surface area contributed by atoms with Crippen molar-refractivity contribution in [1.82, 2.24) is 4.98 Å². The normalized spacial score (nSPS) is 13.7. The van der Waals surface area contributed by atoms with E-state index >= 15 is 0 Å². The van der Waals surface area contributed by atoms with Crippen LogP contribution in [0.15, 0.2) is 76.0 Å². The van der Waals surface area contributed by atoms with Gasteiger partial charge in [0.25, 0.3) is 15.9 Å². The van der Waals surface area contributed by atoms with Gasteiger partial charge in [0, 0.05) is 17.8 Å². The second-order valence-electron chi connectivity index (χ2n) is 7.65. The SMILES string of the molecule is CSc1nc2ccc(NC(=O)c3ccc(S(=O)(=O)N4CCCc5ccccc54)cc3)cc2s1. The van der Waals surface area contributed by atoms with Crippen LogP contribution < -0.4 is 9.62 Å². The van der Waals surface area contributed by atoms with Crippen molar-refractivity contribution in [3.8, 4) is 0 Å². The van der Waals surface area contributed by atoms with Crippen molar-refractivity contribution in [3.63, 3.8) is 0 Å². The predicted octanol–water partition coefficient (Wildman–Crippen LogP) is 5.41. The van der Waals surface area contributed by atoms with E-state index in [9.17, 15) is 13.2 Å². The highest BCUT2D eigenvalue weighted by atomic mass is 32.2. The lowest BCUT2D eigenvalue weighted by atomic mass is 10.0. The topological polar surface area (TPSA) is 79.4 Å². The number of nitrogens with zero attached hydrogens (tertiary/aromatic N) is 2. The Bertz CT molecular complexity index is 1450. The van der Waals surface area contributed by atoms with Gasteiger partial charge in [0.1, 0.15) is 0 Å². The molecule has 0 aliphatic carbocycles. The van der Waals surface area contributed by atoms with E-state index in [0.29, 0.717) is 17.8 Å². The third-order valence-electron chi connectivity index (χ3n) is 5.57. The summed E-state index contributed by atoms with van der Waals surface area (Å²) in [6.45, 7) is 0.444. The summed E-state index contributed by atoms with van der Waals surface area (Å²) in [7, 11) is -3.71. The summed E-state index contributed by atoms with van der Waals surface area (Å²) in [5.74, 6) is -0.295. The molecule has 1 N–H and O–H groups in total. The van der Waals surface area contributed by atoms with Crippen molar-refractivity contribution in [1.29, 1.82) is 0 Å². The van der Waals surface area contributed by atoms with E-state index in [1.165, 1.54) is 16.4 Å². The molecule has 1 aliphatic rings. The number of hydrogen-bond donors (Lipinski definition) is 1. The molecular weight excluding hydrogens is 474 g/mol. The number of nitrogens with one attached hydrogen (secondary N) is 1. The number of anilines is 2. The minimum atomic E-state index is -3.71. The number of hydrogen-bond acceptors (Lipinski definition) is 6. The first-order chi connectivity index (χ1) is 16.0. The molecule has 1 aliphatic heterocycles. The van der Waals surface area contributed by atoms with Crippen LogP contribution >= 0.6 is 23.1 Å². The van der Waals surface area contributed by atoms with E-state index in [2.05, 4.69) is 10.3 Å². The van der Waals surface area contributed by atoms with Crippen molar-refractivity contribution < 1.29 is 13.2 Å². The minimum Gasteiger partial charge on any atom is -0.322 e. The third-order valence-corrected chi connectivity index (χ3v) is 9.40. The van der Waals surface area contributed by atoms with Crippen LogP contribution in [0.1, 0.15) is 22.3 Å². The lowest BCUT2D eigenvalue weighted by Gasteiger charge is -2.30. The van der Waals surface area contributed by atoms with Gasteiger partial charge in [-0.25, -0.2) is 13.4 Å². The smallest absolute Gasteiger partial charge is 0.264 e. The van der Waals surface area contributed by atoms with Crippen molar-refractivity contribution in [2.45, 2.75) is 22.1 Å². The van der Waals surface area contributed by atoms with E-state index in [4.69, 9.17) is 0 Å². The van der Waals surface area contributed by atoms with Gasteiger partial charge in [-0.1, -0.05) is 30.0 Å². The fourth-order valence-electron chi connectivity index (χ4n) is 3.93. The van der Waals surface area contributed by atoms with Crippen LogP contribution in [0, 0.1) is 0 Å². The summed E-state index contributed by atoms with van der Waals surface area (Å²) in [5, 5.41) is 2.89. The van der Waals surface area contributed by atoms with E-state index < -0.39 is 10.0 Å². The zero-order valence-corrected chi connectivity index (χ0v) is 20.3. The number of carbonyl (C=O) groups is 1. The van der Waals surface area contributed by atoms with Crippen molar-refractivity contribution >= 4 is 60.6 Å². The number of fused-ring (bicyclic) bond motifs is 2. The summed E-state index contributed by atoms with van der Waals surface area (Å²) in [5.41, 5.74) is 3.73. The summed E-state index contributed by atoms with van der Waals surface area (Å²) in [6.07, 6.45) is 3.63. The fraction of sp³-hybridized carbons (Fsp3) is 0.167. The Kier molecular flexibility index (Phi) is 5.86. The second-order valence-corrected chi connectivity index (χ2v) is 11.6. The van der Waals surface area contributed by atoms with Gasteiger partial charge in [0.2, 0.25) is 0 Å². The van der Waals surface area contributed by atoms with Crippen LogP contribution in [0.4, 0.5) is 11.4 Å². The average Bonchev–Trinajstić information content (AvgIpc) is 3.26. The van der Waals surface area contributed by atoms with Crippen molar-refractivity contribution in [2.24, 2.45) is 0 Å². The number of para-hydroxylation sites is 1. The Morgan fingerprint density at radius 2 is 1.88 bits per heavy atom. The molecule has 9 heteroatoms. The highest BCUT2D eigenvalue weighted by Gasteiger charge is 2.29. The Hall–Kier alpha value is -2.88. The first kappa shape index (κ1) is 21.9. The summed E-state index contributed by atoms with van der Waals surface area (Å²) >= 11 is 3.17. The van der Waals surface area contributed by atoms with Gasteiger partial charge in [0.05, 0.1) is 20.8 Å². The molecule has 0 saturated heterocycles. The zero-order chi connectivity index (χ0) is 23.0. The molecule has 168 valence electrons. The molecule has 0 spiro atoms. The Morgan fingerprint density at radius 1 is 1.09 bits per heavy atom. The highest BCUT2D eigenvalue weighted by molar-refractivity contribution is 8.00. The van der Waals surface area contributed by atoms with E-state index in [1.54, 1.807) is 35.2 Å². The Balaban J connectivity index is 1.35. The number of sulfonamides is 1. The van der Waals surface area contributed by atoms with Crippen LogP contribution in [0.3, 0.4) is 0 Å². The molecule has 33 heavy (non-hydrogen) atoms. The molecule has 6 nitrogen and oxygen atoms in total. The van der Waals surface area contributed by atoms with Crippen LogP contribution in [-0.4, -0.2) is 32.1 Å². The molecule has 0 fully saturated rings. The maximum Gasteiger partial charge on any atom is 0.264 e. The van der Waals surface area contributed by atoms with Gasteiger partial charge < -0.3 is 5.32 Å². The zero-order valence-electron chi connectivity index (χ0n) is 17.8. The lowest BCUT2D eigenvalue weighted by molar-refractivity contribution is 0.102. The molecule has 0 saturated carbocycles. The summed E-state index contributed by atoms with van der Waals surface area (Å²) in [6, 6.07) is 19.3. The number of aromatic nitrogens is 1. The van der Waals surface area contributed by atoms with E-state index in [-0.39, 0.29) is 10.8 Å². The molecule has 0 atom stereocenters. The van der Waals surface area contributed by atoms with Gasteiger partial charge in [-0.05, 0) is 73.2 Å². The number of amides is 1. The van der Waals surface area contributed by atoms with E-state index in [1.807, 2.05) is 48.7 Å². The molecule has 1 aromatic heterocycles. The maximum absolute atomic E-state index is 13.3. The highest BCUT2D eigenvalue weighted by Crippen LogP contribution is 2.32. The molecule has 5 rings (SSSR count). The second kappa shape index (κ2) is 8.81. The quantitative estimate of drug-likeness (QED) is 0.375. The molecule has 0 radical (unpaired) electrons. The van der Waals surface area contributed by atoms with Crippen LogP contribution in [0.5, 0.6) is 0 Å². The standard InChI is InChI=1S/C24H21N3O3S3/c1-31-24-26-20-13-10-18(15-22(20)32-24)25-23(28)17-8-11-19(12-9-17)33(29,30)27-14-4-6-16-5-2-3-7-21(16)27/h2-3,5,7-13,15H,4,6,14H2,1H3,(H,25,28). The summed E-state index contributed by atoms with van der Waals surface area (Å²) < 4.78 is 30.0. The molecule has 2 heterocycles. The molecule has 0 bridgehead atoms. The molecule has 0 unspecified atom stereocenters. The number of rotatable bonds is 5. The first-order valence-electron chi connectivity index (χ1n) is 10.4. The summed E-state index contributed by atoms with van der Waals surface area (Å²) in [4.78, 5) is 17.4. The number of aryl methyl sites for hydroxylation is 1. The molecule has 3 aromatic carbocycles. The largest absolute Gasteiger partial charge is 0.322 e. The average molecular weight is 496 g/mol. The number of thiazole rings is 1. The van der Waals surface area contributed by atoms with Gasteiger partial charge in [-0.15, -0.1) is 11.3 Å². The molecule has 1 amide bonds. The van der Waals surface area contributed by atoms with Crippen LogP contribution in [0.25, 0.3) is 10.2 Å². The molecule has 4 aromatic rings. The van der Waals surface area contributed by atoms with Crippen molar-refractivity contribution in [3.05, 3.63) is 77.9 Å². The number of benzene rings is 3. The predicted molar refractivity (Wildman–Crippen MR) is 135 cm³/mol. The van der Waals surface area contributed by atoms with E-state index in [0.717, 1.165) is 38.6 Å². The lowest BCUT2D eigenvalue weighted by Crippen LogP contribution is -2.35. The number of thioether (sulfide) groups is 1. The van der Waals surface area contributed by atoms with Gasteiger partial charge in [0.15, 0.2) is 4.34 Å². The van der Waals surface area contributed by atoms with Crippen LogP contribution in [-0.2, 0) is 16.4 Å². The number of carbonyl (C=O) groups excluding carboxylic acids is 1. The molecular formula is C24H21N3O3S3. The Labute approximate surface area is 200 Å². The first-order valence-corrected chi connectivity index (χ1v) is 13.9. The van der Waals surface area contributed by atoms with Crippen LogP contribution in [0.2, 0.25) is 0 Å².